The van der Waals surface area contributed by atoms with E-state index in [0.717, 1.165) is 0 Å². The van der Waals surface area contributed by atoms with Crippen LogP contribution < -0.4 is 9.64 Å². The van der Waals surface area contributed by atoms with Gasteiger partial charge in [0, 0.05) is 43.9 Å². The molecule has 0 saturated carbocycles. The van der Waals surface area contributed by atoms with Crippen LogP contribution in [0.2, 0.25) is 0 Å². The number of carbonyl (C=O) groups excluding carboxylic acids is 3. The maximum absolute atomic E-state index is 14.2. The van der Waals surface area contributed by atoms with Crippen LogP contribution in [0.15, 0.2) is 54.1 Å². The summed E-state index contributed by atoms with van der Waals surface area (Å²) in [5, 5.41) is 11.5. The van der Waals surface area contributed by atoms with Crippen molar-refractivity contribution < 1.29 is 29.0 Å². The average molecular weight is 506 g/mol. The number of amides is 2. The molecule has 2 amide bonds. The third-order valence-corrected chi connectivity index (χ3v) is 7.31. The third-order valence-electron chi connectivity index (χ3n) is 7.31. The highest BCUT2D eigenvalue weighted by atomic mass is 16.5. The monoisotopic (exact) mass is 505 g/mol. The third kappa shape index (κ3) is 3.89. The number of para-hydroxylation sites is 1. The summed E-state index contributed by atoms with van der Waals surface area (Å²) in [6, 6.07) is 13.8. The molecule has 1 N–H and O–H groups in total. The predicted molar refractivity (Wildman–Crippen MR) is 137 cm³/mol. The van der Waals surface area contributed by atoms with Crippen molar-refractivity contribution in [2.24, 2.45) is 0 Å². The van der Waals surface area contributed by atoms with E-state index < -0.39 is 23.1 Å². The molecule has 2 fully saturated rings. The van der Waals surface area contributed by atoms with Gasteiger partial charge in [-0.2, -0.15) is 0 Å². The Labute approximate surface area is 215 Å². The maximum Gasteiger partial charge on any atom is 0.296 e. The van der Waals surface area contributed by atoms with Gasteiger partial charge in [-0.3, -0.25) is 19.3 Å². The molecule has 9 heteroatoms. The highest BCUT2D eigenvalue weighted by molar-refractivity contribution is 6.50. The molecular formula is C28H31N3O6. The highest BCUT2D eigenvalue weighted by Crippen LogP contribution is 2.53. The van der Waals surface area contributed by atoms with Crippen molar-refractivity contribution >= 4 is 29.0 Å². The Hall–Kier alpha value is -3.69. The zero-order valence-electron chi connectivity index (χ0n) is 21.1. The summed E-state index contributed by atoms with van der Waals surface area (Å²) < 4.78 is 10.9. The lowest BCUT2D eigenvalue weighted by Gasteiger charge is -2.36. The summed E-state index contributed by atoms with van der Waals surface area (Å²) in [6.07, 6.45) is 0. The van der Waals surface area contributed by atoms with Gasteiger partial charge >= 0.3 is 0 Å². The summed E-state index contributed by atoms with van der Waals surface area (Å²) >= 11 is 0. The largest absolute Gasteiger partial charge is 0.507 e. The number of likely N-dealkylation sites (tertiary alicyclic amines) is 1. The van der Waals surface area contributed by atoms with E-state index in [-0.39, 0.29) is 17.9 Å². The number of aliphatic hydroxyl groups excluding tert-OH is 1. The van der Waals surface area contributed by atoms with Crippen LogP contribution in [0.25, 0.3) is 5.76 Å². The summed E-state index contributed by atoms with van der Waals surface area (Å²) in [6.45, 7) is 7.77. The number of anilines is 1. The van der Waals surface area contributed by atoms with E-state index in [9.17, 15) is 19.5 Å². The molecule has 5 rings (SSSR count). The molecule has 1 spiro atoms. The Bertz CT molecular complexity index is 1250. The Morgan fingerprint density at radius 2 is 1.70 bits per heavy atom. The summed E-state index contributed by atoms with van der Waals surface area (Å²) in [5.74, 6) is -1.84. The highest BCUT2D eigenvalue weighted by Gasteiger charge is 2.66. The fourth-order valence-corrected chi connectivity index (χ4v) is 5.57. The van der Waals surface area contributed by atoms with E-state index in [1.807, 2.05) is 26.0 Å². The van der Waals surface area contributed by atoms with Crippen LogP contribution in [-0.2, 0) is 24.7 Å². The molecule has 3 aliphatic heterocycles. The van der Waals surface area contributed by atoms with Crippen molar-refractivity contribution in [2.45, 2.75) is 19.4 Å². The number of carbonyl (C=O) groups is 3. The molecule has 2 aromatic carbocycles. The lowest BCUT2D eigenvalue weighted by atomic mass is 9.82. The molecule has 0 aliphatic carbocycles. The molecule has 37 heavy (non-hydrogen) atoms. The molecule has 0 bridgehead atoms. The van der Waals surface area contributed by atoms with Crippen molar-refractivity contribution in [3.63, 3.8) is 0 Å². The van der Waals surface area contributed by atoms with Crippen LogP contribution in [0.3, 0.4) is 0 Å². The molecule has 3 heterocycles. The van der Waals surface area contributed by atoms with Gasteiger partial charge in [-0.1, -0.05) is 18.2 Å². The first kappa shape index (κ1) is 25.0. The number of hydrogen-bond donors (Lipinski definition) is 1. The quantitative estimate of drug-likeness (QED) is 0.350. The predicted octanol–water partition coefficient (Wildman–Crippen LogP) is 2.36. The zero-order chi connectivity index (χ0) is 26.2. The lowest BCUT2D eigenvalue weighted by molar-refractivity contribution is -0.144. The fraction of sp³-hybridized carbons (Fsp3) is 0.393. The van der Waals surface area contributed by atoms with E-state index in [1.54, 1.807) is 41.3 Å². The number of hydrogen-bond acceptors (Lipinski definition) is 7. The van der Waals surface area contributed by atoms with Crippen LogP contribution in [0.5, 0.6) is 5.75 Å². The Morgan fingerprint density at radius 1 is 1.00 bits per heavy atom. The summed E-state index contributed by atoms with van der Waals surface area (Å²) in [4.78, 5) is 46.5. The minimum Gasteiger partial charge on any atom is -0.507 e. The second kappa shape index (κ2) is 9.99. The minimum atomic E-state index is -1.74. The van der Waals surface area contributed by atoms with Gasteiger partial charge in [0.2, 0.25) is 0 Å². The van der Waals surface area contributed by atoms with Crippen molar-refractivity contribution in [3.8, 4) is 5.75 Å². The first-order chi connectivity index (χ1) is 17.9. The molecule has 0 aromatic heterocycles. The molecule has 2 saturated heterocycles. The van der Waals surface area contributed by atoms with Gasteiger partial charge in [0.15, 0.2) is 5.54 Å². The van der Waals surface area contributed by atoms with E-state index >= 15 is 0 Å². The smallest absolute Gasteiger partial charge is 0.296 e. The summed E-state index contributed by atoms with van der Waals surface area (Å²) in [5.41, 5.74) is -0.455. The zero-order valence-corrected chi connectivity index (χ0v) is 21.1. The number of ether oxygens (including phenoxy) is 2. The number of fused-ring (bicyclic) bond motifs is 2. The molecule has 0 radical (unpaired) electrons. The van der Waals surface area contributed by atoms with Crippen LogP contribution in [-0.4, -0.2) is 85.0 Å². The lowest BCUT2D eigenvalue weighted by Crippen LogP contribution is -2.54. The van der Waals surface area contributed by atoms with Gasteiger partial charge in [-0.05, 0) is 44.2 Å². The number of likely N-dealkylation sites (N-methyl/N-ethyl adjacent to an activating group) is 1. The topological polar surface area (TPSA) is 99.6 Å². The van der Waals surface area contributed by atoms with E-state index in [4.69, 9.17) is 9.47 Å². The Balaban J connectivity index is 1.67. The number of aliphatic hydroxyl groups is 1. The SMILES string of the molecule is CCOc1ccc(C(O)=C2C(=O)C(=O)N(CCN3CCOCC3)C23C(=O)N(CC)c2ccccc23)cc1. The molecule has 1 unspecified atom stereocenters. The number of morpholine rings is 1. The van der Waals surface area contributed by atoms with Crippen molar-refractivity contribution in [2.75, 3.05) is 57.4 Å². The molecular weight excluding hydrogens is 474 g/mol. The van der Waals surface area contributed by atoms with Crippen molar-refractivity contribution in [3.05, 3.63) is 65.2 Å². The standard InChI is InChI=1S/C28H31N3O6/c1-3-30-22-8-6-5-7-21(22)28(27(30)35)23(24(32)19-9-11-20(12-10-19)37-4-2)25(33)26(34)31(28)14-13-29-15-17-36-18-16-29/h5-12,32H,3-4,13-18H2,1-2H3. The fourth-order valence-electron chi connectivity index (χ4n) is 5.57. The maximum atomic E-state index is 14.2. The van der Waals surface area contributed by atoms with Gasteiger partial charge in [-0.15, -0.1) is 0 Å². The first-order valence-electron chi connectivity index (χ1n) is 12.7. The molecule has 1 atom stereocenters. The number of benzene rings is 2. The number of Topliss-reactive ketones (excluding diaryl/α,β-unsaturated/α-hetero) is 1. The van der Waals surface area contributed by atoms with Crippen LogP contribution >= 0.6 is 0 Å². The van der Waals surface area contributed by atoms with E-state index in [1.165, 1.54) is 4.90 Å². The van der Waals surface area contributed by atoms with Crippen LogP contribution in [0, 0.1) is 0 Å². The number of ketones is 1. The molecule has 9 nitrogen and oxygen atoms in total. The van der Waals surface area contributed by atoms with E-state index in [0.29, 0.717) is 68.6 Å². The number of nitrogens with zero attached hydrogens (tertiary/aromatic N) is 3. The molecule has 194 valence electrons. The van der Waals surface area contributed by atoms with Crippen LogP contribution in [0.1, 0.15) is 25.0 Å². The van der Waals surface area contributed by atoms with Crippen molar-refractivity contribution in [1.82, 2.24) is 9.80 Å². The second-order valence-corrected chi connectivity index (χ2v) is 9.20. The van der Waals surface area contributed by atoms with Gasteiger partial charge in [-0.25, -0.2) is 0 Å². The molecule has 3 aliphatic rings. The average Bonchev–Trinajstić information content (AvgIpc) is 3.30. The minimum absolute atomic E-state index is 0.155. The van der Waals surface area contributed by atoms with Gasteiger partial charge in [0.1, 0.15) is 11.5 Å². The normalized spacial score (nSPS) is 23.2. The van der Waals surface area contributed by atoms with Gasteiger partial charge in [0.25, 0.3) is 17.6 Å². The summed E-state index contributed by atoms with van der Waals surface area (Å²) in [7, 11) is 0. The molecule has 2 aromatic rings. The van der Waals surface area contributed by atoms with Crippen molar-refractivity contribution in [1.29, 1.82) is 0 Å². The van der Waals surface area contributed by atoms with Gasteiger partial charge in [0.05, 0.1) is 31.1 Å². The first-order valence-corrected chi connectivity index (χ1v) is 12.7. The van der Waals surface area contributed by atoms with Gasteiger partial charge < -0.3 is 24.4 Å². The van der Waals surface area contributed by atoms with E-state index in [2.05, 4.69) is 4.90 Å². The number of rotatable bonds is 7. The van der Waals surface area contributed by atoms with Crippen LogP contribution in [0.4, 0.5) is 5.69 Å². The Morgan fingerprint density at radius 3 is 2.38 bits per heavy atom. The Kier molecular flexibility index (Phi) is 6.74. The second-order valence-electron chi connectivity index (χ2n) is 9.20.